The molecule has 29 heavy (non-hydrogen) atoms. The Morgan fingerprint density at radius 1 is 1.14 bits per heavy atom. The van der Waals surface area contributed by atoms with Gasteiger partial charge < -0.3 is 14.2 Å². The summed E-state index contributed by atoms with van der Waals surface area (Å²) in [5.41, 5.74) is 1.77. The molecule has 0 amide bonds. The van der Waals surface area contributed by atoms with Crippen LogP contribution in [0.15, 0.2) is 28.7 Å². The molecule has 0 fully saturated rings. The molecule has 3 atom stereocenters. The number of rotatable bonds is 10. The van der Waals surface area contributed by atoms with Crippen LogP contribution in [0.2, 0.25) is 0 Å². The molecule has 0 aromatic carbocycles. The SMILES string of the molecule is CC[C@@H](C)c1nc(-c2nc(/C=C/[C@@H](OC)[C@H](C)/C(=C\C(=O)OC)OC)cs2)cs1. The number of esters is 1. The predicted molar refractivity (Wildman–Crippen MR) is 118 cm³/mol. The lowest BCUT2D eigenvalue weighted by atomic mass is 10.0. The first kappa shape index (κ1) is 23.3. The van der Waals surface area contributed by atoms with Crippen molar-refractivity contribution in [1.29, 1.82) is 0 Å². The van der Waals surface area contributed by atoms with Crippen molar-refractivity contribution in [3.05, 3.63) is 39.4 Å². The van der Waals surface area contributed by atoms with Gasteiger partial charge in [-0.25, -0.2) is 14.8 Å². The molecule has 2 aromatic heterocycles. The predicted octanol–water partition coefficient (Wildman–Crippen LogP) is 5.15. The van der Waals surface area contributed by atoms with Gasteiger partial charge in [-0.2, -0.15) is 0 Å². The normalized spacial score (nSPS) is 15.3. The second-order valence-electron chi connectivity index (χ2n) is 6.58. The van der Waals surface area contributed by atoms with E-state index in [0.717, 1.165) is 27.8 Å². The fourth-order valence-corrected chi connectivity index (χ4v) is 4.39. The number of carbonyl (C=O) groups excluding carboxylic acids is 1. The molecule has 2 aromatic rings. The summed E-state index contributed by atoms with van der Waals surface area (Å²) >= 11 is 3.25. The van der Waals surface area contributed by atoms with Crippen LogP contribution in [0.5, 0.6) is 0 Å². The van der Waals surface area contributed by atoms with Crippen LogP contribution in [0.25, 0.3) is 16.8 Å². The summed E-state index contributed by atoms with van der Waals surface area (Å²) < 4.78 is 15.6. The maximum Gasteiger partial charge on any atom is 0.333 e. The highest BCUT2D eigenvalue weighted by Crippen LogP contribution is 2.30. The molecule has 158 valence electrons. The van der Waals surface area contributed by atoms with E-state index in [0.29, 0.717) is 11.7 Å². The van der Waals surface area contributed by atoms with Gasteiger partial charge in [-0.3, -0.25) is 0 Å². The summed E-state index contributed by atoms with van der Waals surface area (Å²) in [5, 5.41) is 6.11. The third kappa shape index (κ3) is 6.22. The number of aromatic nitrogens is 2. The van der Waals surface area contributed by atoms with Gasteiger partial charge in [0.2, 0.25) is 0 Å². The molecular formula is C21H28N2O4S2. The Morgan fingerprint density at radius 2 is 1.90 bits per heavy atom. The van der Waals surface area contributed by atoms with Crippen molar-refractivity contribution in [2.24, 2.45) is 5.92 Å². The molecule has 8 heteroatoms. The van der Waals surface area contributed by atoms with Crippen LogP contribution < -0.4 is 0 Å². The lowest BCUT2D eigenvalue weighted by Crippen LogP contribution is -2.21. The van der Waals surface area contributed by atoms with Crippen molar-refractivity contribution in [2.45, 2.75) is 39.2 Å². The Labute approximate surface area is 180 Å². The minimum absolute atomic E-state index is 0.171. The van der Waals surface area contributed by atoms with E-state index in [-0.39, 0.29) is 12.0 Å². The lowest BCUT2D eigenvalue weighted by Gasteiger charge is -2.21. The Hall–Kier alpha value is -2.03. The zero-order valence-corrected chi connectivity index (χ0v) is 19.3. The van der Waals surface area contributed by atoms with Gasteiger partial charge in [0.05, 0.1) is 37.1 Å². The minimum atomic E-state index is -0.461. The summed E-state index contributed by atoms with van der Waals surface area (Å²) in [6.07, 6.45) is 5.95. The van der Waals surface area contributed by atoms with E-state index in [1.54, 1.807) is 29.8 Å². The monoisotopic (exact) mass is 436 g/mol. The van der Waals surface area contributed by atoms with Gasteiger partial charge in [0.1, 0.15) is 16.5 Å². The molecule has 0 saturated heterocycles. The topological polar surface area (TPSA) is 70.5 Å². The van der Waals surface area contributed by atoms with Crippen LogP contribution in [0.3, 0.4) is 0 Å². The molecule has 0 aliphatic carbocycles. The lowest BCUT2D eigenvalue weighted by molar-refractivity contribution is -0.135. The quantitative estimate of drug-likeness (QED) is 0.291. The van der Waals surface area contributed by atoms with Gasteiger partial charge in [0.15, 0.2) is 0 Å². The Balaban J connectivity index is 2.13. The van der Waals surface area contributed by atoms with Gasteiger partial charge in [0.25, 0.3) is 0 Å². The van der Waals surface area contributed by atoms with E-state index in [4.69, 9.17) is 14.5 Å². The largest absolute Gasteiger partial charge is 0.500 e. The van der Waals surface area contributed by atoms with Crippen LogP contribution in [0.1, 0.15) is 43.8 Å². The number of nitrogens with zero attached hydrogens (tertiary/aromatic N) is 2. The summed E-state index contributed by atoms with van der Waals surface area (Å²) in [4.78, 5) is 20.9. The fourth-order valence-electron chi connectivity index (χ4n) is 2.62. The van der Waals surface area contributed by atoms with Crippen molar-refractivity contribution in [2.75, 3.05) is 21.3 Å². The van der Waals surface area contributed by atoms with E-state index < -0.39 is 5.97 Å². The molecule has 0 unspecified atom stereocenters. The highest BCUT2D eigenvalue weighted by molar-refractivity contribution is 7.14. The zero-order chi connectivity index (χ0) is 21.4. The molecule has 2 heterocycles. The van der Waals surface area contributed by atoms with Gasteiger partial charge >= 0.3 is 5.97 Å². The summed E-state index contributed by atoms with van der Waals surface area (Å²) in [6.45, 7) is 6.28. The van der Waals surface area contributed by atoms with E-state index in [1.807, 2.05) is 24.5 Å². The molecule has 0 saturated carbocycles. The highest BCUT2D eigenvalue weighted by Gasteiger charge is 2.21. The number of methoxy groups -OCH3 is 3. The van der Waals surface area contributed by atoms with Crippen molar-refractivity contribution < 1.29 is 19.0 Å². The first-order valence-corrected chi connectivity index (χ1v) is 11.1. The fraction of sp³-hybridized carbons (Fsp3) is 0.476. The number of carbonyl (C=O) groups is 1. The summed E-state index contributed by atoms with van der Waals surface area (Å²) in [5.74, 6) is 0.323. The van der Waals surface area contributed by atoms with Crippen LogP contribution in [-0.4, -0.2) is 43.4 Å². The number of ether oxygens (including phenoxy) is 3. The first-order chi connectivity index (χ1) is 13.9. The maximum absolute atomic E-state index is 11.5. The van der Waals surface area contributed by atoms with Crippen LogP contribution in [0, 0.1) is 5.92 Å². The van der Waals surface area contributed by atoms with E-state index in [1.165, 1.54) is 20.3 Å². The molecular weight excluding hydrogens is 408 g/mol. The Bertz CT molecular complexity index is 856. The minimum Gasteiger partial charge on any atom is -0.500 e. The average molecular weight is 437 g/mol. The first-order valence-electron chi connectivity index (χ1n) is 9.39. The molecule has 0 aliphatic rings. The van der Waals surface area contributed by atoms with Crippen molar-refractivity contribution in [3.8, 4) is 10.7 Å². The van der Waals surface area contributed by atoms with Crippen LogP contribution >= 0.6 is 22.7 Å². The Morgan fingerprint density at radius 3 is 2.52 bits per heavy atom. The molecule has 0 spiro atoms. The number of hydrogen-bond donors (Lipinski definition) is 0. The maximum atomic E-state index is 11.5. The summed E-state index contributed by atoms with van der Waals surface area (Å²) in [6, 6.07) is 0. The molecule has 0 radical (unpaired) electrons. The van der Waals surface area contributed by atoms with Crippen LogP contribution in [-0.2, 0) is 19.0 Å². The number of hydrogen-bond acceptors (Lipinski definition) is 8. The van der Waals surface area contributed by atoms with Crippen LogP contribution in [0.4, 0.5) is 0 Å². The average Bonchev–Trinajstić information content (AvgIpc) is 3.41. The molecule has 0 aliphatic heterocycles. The van der Waals surface area contributed by atoms with E-state index >= 15 is 0 Å². The van der Waals surface area contributed by atoms with Gasteiger partial charge in [0, 0.05) is 29.7 Å². The molecule has 2 rings (SSSR count). The molecule has 0 N–H and O–H groups in total. The van der Waals surface area contributed by atoms with Crippen molar-refractivity contribution >= 4 is 34.7 Å². The summed E-state index contributed by atoms with van der Waals surface area (Å²) in [7, 11) is 4.48. The number of thiazole rings is 2. The third-order valence-electron chi connectivity index (χ3n) is 4.66. The van der Waals surface area contributed by atoms with Gasteiger partial charge in [-0.15, -0.1) is 22.7 Å². The standard InChI is InChI=1S/C21H28N2O4S2/c1-7-13(2)20-23-16(12-29-20)21-22-15(11-28-21)8-9-17(25-4)14(3)18(26-5)10-19(24)27-6/h8-14,17H,7H2,1-6H3/b9-8+,18-10+/t13-,14+,17-/m1/s1. The van der Waals surface area contributed by atoms with Crippen molar-refractivity contribution in [3.63, 3.8) is 0 Å². The highest BCUT2D eigenvalue weighted by atomic mass is 32.1. The molecule has 0 bridgehead atoms. The smallest absolute Gasteiger partial charge is 0.333 e. The van der Waals surface area contributed by atoms with E-state index in [2.05, 4.69) is 28.9 Å². The Kier molecular flexibility index (Phi) is 9.00. The zero-order valence-electron chi connectivity index (χ0n) is 17.7. The second-order valence-corrected chi connectivity index (χ2v) is 8.33. The van der Waals surface area contributed by atoms with Crippen molar-refractivity contribution in [1.82, 2.24) is 9.97 Å². The van der Waals surface area contributed by atoms with E-state index in [9.17, 15) is 4.79 Å². The second kappa shape index (κ2) is 11.2. The van der Waals surface area contributed by atoms with Gasteiger partial charge in [-0.1, -0.05) is 26.8 Å². The molecule has 6 nitrogen and oxygen atoms in total. The van der Waals surface area contributed by atoms with Gasteiger partial charge in [-0.05, 0) is 12.5 Å². The third-order valence-corrected chi connectivity index (χ3v) is 6.62.